The number of hydrogen-bond donors (Lipinski definition) is 0. The standard InChI is InChI=1S/C23H28O4/c1-17(14-24)22(26-15-20-10-6-4-7-11-20)18(2)23(19(3)25)27-16-21-12-8-5-9-13-21/h4-14,17-18,22-23H,15-16H2,1-3H3/t17-,18+,22+,23+/m0/s1. The molecule has 0 aliphatic carbocycles. The van der Waals surface area contributed by atoms with Gasteiger partial charge in [-0.15, -0.1) is 0 Å². The molecule has 0 aliphatic heterocycles. The van der Waals surface area contributed by atoms with Gasteiger partial charge in [-0.3, -0.25) is 4.79 Å². The van der Waals surface area contributed by atoms with Gasteiger partial charge in [-0.05, 0) is 18.1 Å². The van der Waals surface area contributed by atoms with Gasteiger partial charge in [0.05, 0.1) is 19.3 Å². The zero-order valence-electron chi connectivity index (χ0n) is 16.2. The van der Waals surface area contributed by atoms with Gasteiger partial charge in [-0.1, -0.05) is 74.5 Å². The van der Waals surface area contributed by atoms with Crippen LogP contribution in [0.2, 0.25) is 0 Å². The highest BCUT2D eigenvalue weighted by molar-refractivity contribution is 5.80. The lowest BCUT2D eigenvalue weighted by molar-refractivity contribution is -0.143. The van der Waals surface area contributed by atoms with Gasteiger partial charge >= 0.3 is 0 Å². The average molecular weight is 368 g/mol. The average Bonchev–Trinajstić information content (AvgIpc) is 2.69. The molecule has 2 aromatic carbocycles. The molecular weight excluding hydrogens is 340 g/mol. The van der Waals surface area contributed by atoms with Crippen LogP contribution < -0.4 is 0 Å². The van der Waals surface area contributed by atoms with Gasteiger partial charge in [0.1, 0.15) is 12.4 Å². The highest BCUT2D eigenvalue weighted by Crippen LogP contribution is 2.24. The first kappa shape index (κ1) is 21.0. The molecule has 27 heavy (non-hydrogen) atoms. The maximum Gasteiger partial charge on any atom is 0.158 e. The second-order valence-electron chi connectivity index (χ2n) is 6.94. The van der Waals surface area contributed by atoms with Crippen molar-refractivity contribution in [3.8, 4) is 0 Å². The van der Waals surface area contributed by atoms with Gasteiger partial charge in [-0.2, -0.15) is 0 Å². The Morgan fingerprint density at radius 3 is 1.81 bits per heavy atom. The molecule has 4 nitrogen and oxygen atoms in total. The Bertz CT molecular complexity index is 699. The molecule has 0 bridgehead atoms. The van der Waals surface area contributed by atoms with Crippen molar-refractivity contribution in [2.45, 2.75) is 46.2 Å². The van der Waals surface area contributed by atoms with Crippen LogP contribution in [-0.4, -0.2) is 24.3 Å². The molecule has 2 aromatic rings. The Kier molecular flexibility index (Phi) is 8.37. The van der Waals surface area contributed by atoms with Gasteiger partial charge in [-0.25, -0.2) is 0 Å². The molecule has 0 fully saturated rings. The molecule has 0 saturated carbocycles. The number of hydrogen-bond acceptors (Lipinski definition) is 4. The van der Waals surface area contributed by atoms with E-state index >= 15 is 0 Å². The summed E-state index contributed by atoms with van der Waals surface area (Å²) in [7, 11) is 0. The molecule has 0 aromatic heterocycles. The first-order valence-electron chi connectivity index (χ1n) is 9.29. The SMILES string of the molecule is CC(=O)[C@H](OCc1ccccc1)[C@H](C)[C@H](OCc1ccccc1)[C@@H](C)C=O. The van der Waals surface area contributed by atoms with Crippen molar-refractivity contribution < 1.29 is 19.1 Å². The summed E-state index contributed by atoms with van der Waals surface area (Å²) < 4.78 is 12.0. The van der Waals surface area contributed by atoms with E-state index in [9.17, 15) is 9.59 Å². The Hall–Kier alpha value is -2.30. The molecule has 0 aliphatic rings. The summed E-state index contributed by atoms with van der Waals surface area (Å²) in [6.07, 6.45) is -0.165. The fourth-order valence-corrected chi connectivity index (χ4v) is 3.20. The largest absolute Gasteiger partial charge is 0.372 e. The maximum absolute atomic E-state index is 12.2. The highest BCUT2D eigenvalue weighted by atomic mass is 16.5. The summed E-state index contributed by atoms with van der Waals surface area (Å²) in [6, 6.07) is 19.5. The predicted octanol–water partition coefficient (Wildman–Crippen LogP) is 4.22. The third-order valence-electron chi connectivity index (χ3n) is 4.69. The molecular formula is C23H28O4. The molecule has 0 radical (unpaired) electrons. The van der Waals surface area contributed by atoms with E-state index < -0.39 is 12.2 Å². The van der Waals surface area contributed by atoms with E-state index in [0.29, 0.717) is 13.2 Å². The van der Waals surface area contributed by atoms with Gasteiger partial charge in [0.2, 0.25) is 0 Å². The minimum Gasteiger partial charge on any atom is -0.372 e. The molecule has 0 saturated heterocycles. The predicted molar refractivity (Wildman–Crippen MR) is 105 cm³/mol. The second-order valence-corrected chi connectivity index (χ2v) is 6.94. The minimum absolute atomic E-state index is 0.0650. The zero-order chi connectivity index (χ0) is 19.6. The molecule has 0 amide bonds. The van der Waals surface area contributed by atoms with Crippen LogP contribution in [0.1, 0.15) is 31.9 Å². The minimum atomic E-state index is -0.631. The summed E-state index contributed by atoms with van der Waals surface area (Å²) in [5.41, 5.74) is 2.03. The van der Waals surface area contributed by atoms with Gasteiger partial charge in [0.25, 0.3) is 0 Å². The van der Waals surface area contributed by atoms with Crippen molar-refractivity contribution in [1.82, 2.24) is 0 Å². The van der Waals surface area contributed by atoms with Crippen molar-refractivity contribution in [2.75, 3.05) is 0 Å². The van der Waals surface area contributed by atoms with Crippen molar-refractivity contribution in [3.05, 3.63) is 71.8 Å². The molecule has 4 atom stereocenters. The van der Waals surface area contributed by atoms with Gasteiger partial charge < -0.3 is 14.3 Å². The number of rotatable bonds is 11. The normalized spacial score (nSPS) is 15.5. The maximum atomic E-state index is 12.2. The summed E-state index contributed by atoms with van der Waals surface area (Å²) in [4.78, 5) is 23.7. The highest BCUT2D eigenvalue weighted by Gasteiger charge is 2.33. The van der Waals surface area contributed by atoms with Crippen LogP contribution >= 0.6 is 0 Å². The van der Waals surface area contributed by atoms with Crippen molar-refractivity contribution in [2.24, 2.45) is 11.8 Å². The first-order chi connectivity index (χ1) is 13.0. The van der Waals surface area contributed by atoms with E-state index in [1.807, 2.05) is 74.5 Å². The third kappa shape index (κ3) is 6.42. The van der Waals surface area contributed by atoms with E-state index in [-0.39, 0.29) is 17.6 Å². The quantitative estimate of drug-likeness (QED) is 0.557. The second kappa shape index (κ2) is 10.8. The topological polar surface area (TPSA) is 52.6 Å². The number of Topliss-reactive ketones (excluding diaryl/α,β-unsaturated/α-hetero) is 1. The fraction of sp³-hybridized carbons (Fsp3) is 0.391. The van der Waals surface area contributed by atoms with Gasteiger partial charge in [0, 0.05) is 11.8 Å². The number of ether oxygens (including phenoxy) is 2. The summed E-state index contributed by atoms with van der Waals surface area (Å²) in [5.74, 6) is -0.661. The van der Waals surface area contributed by atoms with Crippen LogP contribution in [0.4, 0.5) is 0 Å². The number of carbonyl (C=O) groups is 2. The number of benzene rings is 2. The van der Waals surface area contributed by atoms with E-state index in [1.165, 1.54) is 6.92 Å². The molecule has 2 rings (SSSR count). The lowest BCUT2D eigenvalue weighted by Crippen LogP contribution is -2.41. The monoisotopic (exact) mass is 368 g/mol. The smallest absolute Gasteiger partial charge is 0.158 e. The zero-order valence-corrected chi connectivity index (χ0v) is 16.2. The van der Waals surface area contributed by atoms with Crippen molar-refractivity contribution >= 4 is 12.1 Å². The van der Waals surface area contributed by atoms with Crippen LogP contribution in [0.15, 0.2) is 60.7 Å². The van der Waals surface area contributed by atoms with Gasteiger partial charge in [0.15, 0.2) is 5.78 Å². The Morgan fingerprint density at radius 2 is 1.37 bits per heavy atom. The van der Waals surface area contributed by atoms with Crippen LogP contribution in [0.5, 0.6) is 0 Å². The van der Waals surface area contributed by atoms with Crippen LogP contribution in [0, 0.1) is 11.8 Å². The van der Waals surface area contributed by atoms with Crippen molar-refractivity contribution in [1.29, 1.82) is 0 Å². The number of ketones is 1. The fourth-order valence-electron chi connectivity index (χ4n) is 3.20. The van der Waals surface area contributed by atoms with E-state index in [1.54, 1.807) is 0 Å². The van der Waals surface area contributed by atoms with E-state index in [4.69, 9.17) is 9.47 Å². The molecule has 0 unspecified atom stereocenters. The van der Waals surface area contributed by atoms with Crippen LogP contribution in [0.3, 0.4) is 0 Å². The summed E-state index contributed by atoms with van der Waals surface area (Å²) in [6.45, 7) is 5.97. The third-order valence-corrected chi connectivity index (χ3v) is 4.69. The van der Waals surface area contributed by atoms with E-state index in [2.05, 4.69) is 0 Å². The van der Waals surface area contributed by atoms with Crippen molar-refractivity contribution in [3.63, 3.8) is 0 Å². The lowest BCUT2D eigenvalue weighted by Gasteiger charge is -2.32. The summed E-state index contributed by atoms with van der Waals surface area (Å²) in [5, 5.41) is 0. The molecule has 0 heterocycles. The summed E-state index contributed by atoms with van der Waals surface area (Å²) >= 11 is 0. The Morgan fingerprint density at radius 1 is 0.889 bits per heavy atom. The molecule has 0 N–H and O–H groups in total. The first-order valence-corrected chi connectivity index (χ1v) is 9.29. The lowest BCUT2D eigenvalue weighted by atomic mass is 9.88. The Balaban J connectivity index is 2.07. The number of carbonyl (C=O) groups excluding carboxylic acids is 2. The van der Waals surface area contributed by atoms with Crippen LogP contribution in [-0.2, 0) is 32.3 Å². The van der Waals surface area contributed by atoms with Crippen LogP contribution in [0.25, 0.3) is 0 Å². The molecule has 144 valence electrons. The molecule has 0 spiro atoms. The Labute approximate surface area is 161 Å². The van der Waals surface area contributed by atoms with E-state index in [0.717, 1.165) is 17.4 Å². The number of aldehydes is 1. The molecule has 4 heteroatoms.